The van der Waals surface area contributed by atoms with Crippen LogP contribution >= 0.6 is 0 Å². The Morgan fingerprint density at radius 3 is 2.81 bits per heavy atom. The van der Waals surface area contributed by atoms with Gasteiger partial charge < -0.3 is 24.8 Å². The minimum atomic E-state index is -1.36. The Kier molecular flexibility index (Phi) is 3.20. The lowest BCUT2D eigenvalue weighted by Gasteiger charge is -2.44. The zero-order chi connectivity index (χ0) is 15.4. The number of aliphatic hydroxyl groups is 2. The van der Waals surface area contributed by atoms with Gasteiger partial charge in [-0.05, 0) is 18.6 Å². The van der Waals surface area contributed by atoms with Gasteiger partial charge in [-0.3, -0.25) is 4.79 Å². The molecule has 3 rings (SSSR count). The van der Waals surface area contributed by atoms with Gasteiger partial charge >= 0.3 is 0 Å². The second-order valence-corrected chi connectivity index (χ2v) is 5.88. The zero-order valence-corrected chi connectivity index (χ0v) is 11.9. The van der Waals surface area contributed by atoms with Crippen molar-refractivity contribution in [1.82, 2.24) is 0 Å². The first-order chi connectivity index (χ1) is 9.84. The van der Waals surface area contributed by atoms with Crippen LogP contribution in [0.4, 0.5) is 0 Å². The van der Waals surface area contributed by atoms with Crippen LogP contribution in [0.3, 0.4) is 0 Å². The summed E-state index contributed by atoms with van der Waals surface area (Å²) in [5.74, 6) is -2.47. The van der Waals surface area contributed by atoms with Crippen molar-refractivity contribution in [2.24, 2.45) is 11.8 Å². The Labute approximate surface area is 121 Å². The first-order valence-corrected chi connectivity index (χ1v) is 6.83. The first-order valence-electron chi connectivity index (χ1n) is 6.83. The van der Waals surface area contributed by atoms with Gasteiger partial charge in [0.15, 0.2) is 11.6 Å². The monoisotopic (exact) mass is 294 g/mol. The second-order valence-electron chi connectivity index (χ2n) is 5.88. The van der Waals surface area contributed by atoms with Crippen LogP contribution < -0.4 is 4.74 Å². The number of aromatic hydroxyl groups is 1. The van der Waals surface area contributed by atoms with Crippen LogP contribution in [0, 0.1) is 11.8 Å². The number of carbonyl (C=O) groups excluding carboxylic acids is 1. The molecule has 21 heavy (non-hydrogen) atoms. The third-order valence-corrected chi connectivity index (χ3v) is 4.37. The van der Waals surface area contributed by atoms with Crippen LogP contribution in [0.5, 0.6) is 11.5 Å². The highest BCUT2D eigenvalue weighted by Gasteiger charge is 2.49. The van der Waals surface area contributed by atoms with E-state index in [1.54, 1.807) is 6.07 Å². The van der Waals surface area contributed by atoms with Crippen LogP contribution in [0.2, 0.25) is 0 Å². The average molecular weight is 294 g/mol. The number of hydrogen-bond donors (Lipinski definition) is 3. The number of rotatable bonds is 1. The smallest absolute Gasteiger partial charge is 0.172 e. The molecule has 4 atom stereocenters. The fourth-order valence-corrected chi connectivity index (χ4v) is 3.29. The summed E-state index contributed by atoms with van der Waals surface area (Å²) in [5.41, 5.74) is 0.463. The number of aliphatic hydroxyl groups excluding tert-OH is 1. The van der Waals surface area contributed by atoms with Gasteiger partial charge in [0.05, 0.1) is 31.3 Å². The van der Waals surface area contributed by atoms with Crippen LogP contribution in [0.1, 0.15) is 35.4 Å². The quantitative estimate of drug-likeness (QED) is 0.715. The third kappa shape index (κ3) is 2.19. The molecule has 1 aromatic rings. The molecule has 2 aliphatic rings. The Morgan fingerprint density at radius 1 is 1.43 bits per heavy atom. The molecule has 1 fully saturated rings. The van der Waals surface area contributed by atoms with E-state index < -0.39 is 23.7 Å². The van der Waals surface area contributed by atoms with E-state index in [1.807, 2.05) is 0 Å². The molecule has 1 aliphatic carbocycles. The Morgan fingerprint density at radius 2 is 2.14 bits per heavy atom. The summed E-state index contributed by atoms with van der Waals surface area (Å²) in [6.45, 7) is 1.54. The molecule has 3 N–H and O–H groups in total. The minimum Gasteiger partial charge on any atom is -0.507 e. The Hall–Kier alpha value is -1.63. The highest BCUT2D eigenvalue weighted by molar-refractivity contribution is 6.03. The molecular formula is C15H18O6. The topological polar surface area (TPSA) is 96.2 Å². The van der Waals surface area contributed by atoms with Crippen molar-refractivity contribution in [3.8, 4) is 11.5 Å². The number of carbonyl (C=O) groups is 1. The number of ketones is 1. The molecule has 1 saturated heterocycles. The fraction of sp³-hybridized carbons (Fsp3) is 0.533. The normalized spacial score (nSPS) is 35.0. The number of methoxy groups -OCH3 is 1. The molecule has 0 unspecified atom stereocenters. The lowest BCUT2D eigenvalue weighted by molar-refractivity contribution is -0.242. The van der Waals surface area contributed by atoms with Crippen molar-refractivity contribution in [1.29, 1.82) is 0 Å². The number of benzene rings is 1. The number of ether oxygens (including phenoxy) is 2. The standard InChI is InChI=1S/C15H18O6/c1-15(19)5-9-10(6-21-15)14(18)12-8(13(9)17)3-7(20-2)4-11(12)16/h3-4,9-10,13,16-17,19H,5-6H2,1-2H3/t9-,10+,13-,15-/m0/s1. The molecule has 6 nitrogen and oxygen atoms in total. The van der Waals surface area contributed by atoms with Crippen LogP contribution in [-0.2, 0) is 4.74 Å². The maximum absolute atomic E-state index is 12.6. The largest absolute Gasteiger partial charge is 0.507 e. The van der Waals surface area contributed by atoms with E-state index in [1.165, 1.54) is 20.1 Å². The van der Waals surface area contributed by atoms with Crippen molar-refractivity contribution < 1.29 is 29.6 Å². The van der Waals surface area contributed by atoms with Gasteiger partial charge in [0.25, 0.3) is 0 Å². The number of fused-ring (bicyclic) bond motifs is 2. The molecule has 0 amide bonds. The van der Waals surface area contributed by atoms with Crippen LogP contribution in [-0.4, -0.2) is 40.6 Å². The van der Waals surface area contributed by atoms with Crippen LogP contribution in [0.25, 0.3) is 0 Å². The van der Waals surface area contributed by atoms with Gasteiger partial charge in [-0.15, -0.1) is 0 Å². The molecule has 0 spiro atoms. The van der Waals surface area contributed by atoms with E-state index in [0.717, 1.165) is 0 Å². The molecule has 0 radical (unpaired) electrons. The number of phenolic OH excluding ortho intramolecular Hbond substituents is 1. The van der Waals surface area contributed by atoms with Gasteiger partial charge in [-0.25, -0.2) is 0 Å². The SMILES string of the molecule is COc1cc(O)c2c(c1)[C@H](O)[C@H]1C[C@@](C)(O)OC[C@H]1C2=O. The van der Waals surface area contributed by atoms with Crippen molar-refractivity contribution in [2.45, 2.75) is 25.2 Å². The molecule has 0 aromatic heterocycles. The number of phenols is 1. The van der Waals surface area contributed by atoms with E-state index in [2.05, 4.69) is 0 Å². The van der Waals surface area contributed by atoms with E-state index >= 15 is 0 Å². The summed E-state index contributed by atoms with van der Waals surface area (Å²) < 4.78 is 10.3. The molecule has 6 heteroatoms. The third-order valence-electron chi connectivity index (χ3n) is 4.37. The predicted octanol–water partition coefficient (Wildman–Crippen LogP) is 0.992. The van der Waals surface area contributed by atoms with Crippen molar-refractivity contribution >= 4 is 5.78 Å². The highest BCUT2D eigenvalue weighted by Crippen LogP contribution is 2.48. The van der Waals surface area contributed by atoms with E-state index in [0.29, 0.717) is 11.3 Å². The van der Waals surface area contributed by atoms with Gasteiger partial charge in [-0.2, -0.15) is 0 Å². The maximum Gasteiger partial charge on any atom is 0.172 e. The fourth-order valence-electron chi connectivity index (χ4n) is 3.29. The van der Waals surface area contributed by atoms with Crippen molar-refractivity contribution in [2.75, 3.05) is 13.7 Å². The average Bonchev–Trinajstić information content (AvgIpc) is 2.42. The zero-order valence-electron chi connectivity index (χ0n) is 11.9. The summed E-state index contributed by atoms with van der Waals surface area (Å²) in [6.07, 6.45) is -0.804. The highest BCUT2D eigenvalue weighted by atomic mass is 16.6. The molecule has 1 aliphatic heterocycles. The van der Waals surface area contributed by atoms with Gasteiger partial charge in [-0.1, -0.05) is 0 Å². The lowest BCUT2D eigenvalue weighted by atomic mass is 9.69. The van der Waals surface area contributed by atoms with E-state index in [9.17, 15) is 20.1 Å². The molecule has 0 saturated carbocycles. The van der Waals surface area contributed by atoms with Gasteiger partial charge in [0.1, 0.15) is 11.5 Å². The summed E-state index contributed by atoms with van der Waals surface area (Å²) in [7, 11) is 1.44. The summed E-state index contributed by atoms with van der Waals surface area (Å²) in [4.78, 5) is 12.6. The summed E-state index contributed by atoms with van der Waals surface area (Å²) in [6, 6.07) is 2.90. The lowest BCUT2D eigenvalue weighted by Crippen LogP contribution is -2.48. The molecule has 1 aromatic carbocycles. The van der Waals surface area contributed by atoms with Gasteiger partial charge in [0, 0.05) is 18.4 Å². The first kappa shape index (κ1) is 14.3. The summed E-state index contributed by atoms with van der Waals surface area (Å²) >= 11 is 0. The molecule has 0 bridgehead atoms. The van der Waals surface area contributed by atoms with Crippen molar-refractivity contribution in [3.63, 3.8) is 0 Å². The molecular weight excluding hydrogens is 276 g/mol. The maximum atomic E-state index is 12.6. The van der Waals surface area contributed by atoms with Crippen LogP contribution in [0.15, 0.2) is 12.1 Å². The Balaban J connectivity index is 2.10. The summed E-state index contributed by atoms with van der Waals surface area (Å²) in [5, 5.41) is 30.6. The van der Waals surface area contributed by atoms with Gasteiger partial charge in [0.2, 0.25) is 0 Å². The number of Topliss-reactive ketones (excluding diaryl/α,β-unsaturated/α-hetero) is 1. The Bertz CT molecular complexity index is 594. The predicted molar refractivity (Wildman–Crippen MR) is 72.1 cm³/mol. The molecule has 1 heterocycles. The second kappa shape index (κ2) is 4.69. The van der Waals surface area contributed by atoms with E-state index in [4.69, 9.17) is 9.47 Å². The number of hydrogen-bond acceptors (Lipinski definition) is 6. The van der Waals surface area contributed by atoms with E-state index in [-0.39, 0.29) is 30.1 Å². The minimum absolute atomic E-state index is 0.0263. The van der Waals surface area contributed by atoms with Crippen molar-refractivity contribution in [3.05, 3.63) is 23.3 Å². The molecule has 114 valence electrons.